The third-order valence-electron chi connectivity index (χ3n) is 4.15. The Kier molecular flexibility index (Phi) is 3.37. The summed E-state index contributed by atoms with van der Waals surface area (Å²) in [6.45, 7) is 1.36. The smallest absolute Gasteiger partial charge is 0.150 e. The lowest BCUT2D eigenvalue weighted by atomic mass is 9.91. The summed E-state index contributed by atoms with van der Waals surface area (Å²) in [4.78, 5) is 0. The largest absolute Gasteiger partial charge is 0.372 e. The summed E-state index contributed by atoms with van der Waals surface area (Å²) in [5, 5.41) is 3.28. The SMILES string of the molecule is CNC(c1ccc2c(c1)COC2)C1CCS(=O)(=O)C1. The molecule has 2 aliphatic rings. The van der Waals surface area contributed by atoms with Crippen LogP contribution in [-0.4, -0.2) is 27.0 Å². The zero-order chi connectivity index (χ0) is 13.5. The van der Waals surface area contributed by atoms with E-state index in [0.29, 0.717) is 24.7 Å². The molecule has 1 saturated heterocycles. The van der Waals surface area contributed by atoms with E-state index < -0.39 is 9.84 Å². The second-order valence-corrected chi connectivity index (χ2v) is 7.68. The highest BCUT2D eigenvalue weighted by Crippen LogP contribution is 2.33. The molecule has 2 aliphatic heterocycles. The number of fused-ring (bicyclic) bond motifs is 1. The van der Waals surface area contributed by atoms with Gasteiger partial charge >= 0.3 is 0 Å². The van der Waals surface area contributed by atoms with Gasteiger partial charge in [-0.25, -0.2) is 8.42 Å². The highest BCUT2D eigenvalue weighted by Gasteiger charge is 2.34. The van der Waals surface area contributed by atoms with Crippen molar-refractivity contribution < 1.29 is 13.2 Å². The maximum absolute atomic E-state index is 11.6. The van der Waals surface area contributed by atoms with Crippen LogP contribution in [-0.2, 0) is 27.8 Å². The van der Waals surface area contributed by atoms with Gasteiger partial charge < -0.3 is 10.1 Å². The molecular weight excluding hydrogens is 262 g/mol. The third-order valence-corrected chi connectivity index (χ3v) is 5.95. The summed E-state index contributed by atoms with van der Waals surface area (Å²) in [5.41, 5.74) is 3.66. The van der Waals surface area contributed by atoms with Crippen molar-refractivity contribution >= 4 is 9.84 Å². The fraction of sp³-hybridized carbons (Fsp3) is 0.571. The molecule has 19 heavy (non-hydrogen) atoms. The highest BCUT2D eigenvalue weighted by molar-refractivity contribution is 7.91. The van der Waals surface area contributed by atoms with E-state index in [9.17, 15) is 8.42 Å². The molecule has 0 spiro atoms. The number of hydrogen-bond donors (Lipinski definition) is 1. The third kappa shape index (κ3) is 2.55. The molecule has 104 valence electrons. The lowest BCUT2D eigenvalue weighted by Crippen LogP contribution is -2.26. The van der Waals surface area contributed by atoms with E-state index >= 15 is 0 Å². The molecule has 0 bridgehead atoms. The fourth-order valence-corrected chi connectivity index (χ4v) is 4.99. The summed E-state index contributed by atoms with van der Waals surface area (Å²) in [7, 11) is -0.933. The van der Waals surface area contributed by atoms with Crippen LogP contribution in [0.25, 0.3) is 0 Å². The Balaban J connectivity index is 1.86. The molecule has 3 rings (SSSR count). The van der Waals surface area contributed by atoms with Gasteiger partial charge in [0.25, 0.3) is 0 Å². The predicted molar refractivity (Wildman–Crippen MR) is 73.5 cm³/mol. The molecule has 1 fully saturated rings. The van der Waals surface area contributed by atoms with Crippen molar-refractivity contribution in [3.63, 3.8) is 0 Å². The van der Waals surface area contributed by atoms with Gasteiger partial charge in [-0.1, -0.05) is 18.2 Å². The molecule has 0 aromatic heterocycles. The van der Waals surface area contributed by atoms with Crippen LogP contribution in [0.5, 0.6) is 0 Å². The average Bonchev–Trinajstić information content (AvgIpc) is 2.96. The van der Waals surface area contributed by atoms with Gasteiger partial charge in [0.2, 0.25) is 0 Å². The van der Waals surface area contributed by atoms with Gasteiger partial charge in [0.15, 0.2) is 9.84 Å². The lowest BCUT2D eigenvalue weighted by Gasteiger charge is -2.23. The van der Waals surface area contributed by atoms with E-state index in [2.05, 4.69) is 23.5 Å². The molecule has 1 aromatic rings. The molecule has 2 atom stereocenters. The van der Waals surface area contributed by atoms with Crippen molar-refractivity contribution in [2.24, 2.45) is 5.92 Å². The van der Waals surface area contributed by atoms with Crippen molar-refractivity contribution in [3.05, 3.63) is 34.9 Å². The average molecular weight is 281 g/mol. The fourth-order valence-electron chi connectivity index (χ4n) is 3.15. The van der Waals surface area contributed by atoms with Gasteiger partial charge in [0.1, 0.15) is 0 Å². The Hall–Kier alpha value is -0.910. The first-order chi connectivity index (χ1) is 9.09. The molecule has 2 unspecified atom stereocenters. The Morgan fingerprint density at radius 3 is 2.79 bits per heavy atom. The second kappa shape index (κ2) is 4.89. The number of rotatable bonds is 3. The Bertz CT molecular complexity index is 582. The minimum Gasteiger partial charge on any atom is -0.372 e. The lowest BCUT2D eigenvalue weighted by molar-refractivity contribution is 0.134. The van der Waals surface area contributed by atoms with Crippen LogP contribution in [0.4, 0.5) is 0 Å². The number of ether oxygens (including phenoxy) is 1. The van der Waals surface area contributed by atoms with E-state index in [0.717, 1.165) is 6.42 Å². The van der Waals surface area contributed by atoms with Crippen LogP contribution in [0, 0.1) is 5.92 Å². The summed E-state index contributed by atoms with van der Waals surface area (Å²) in [6.07, 6.45) is 0.751. The molecule has 4 nitrogen and oxygen atoms in total. The minimum atomic E-state index is -2.83. The molecule has 0 amide bonds. The van der Waals surface area contributed by atoms with E-state index in [1.165, 1.54) is 16.7 Å². The first kappa shape index (κ1) is 13.1. The topological polar surface area (TPSA) is 55.4 Å². The molecule has 2 heterocycles. The van der Waals surface area contributed by atoms with E-state index in [1.807, 2.05) is 7.05 Å². The summed E-state index contributed by atoms with van der Waals surface area (Å²) in [6, 6.07) is 6.47. The molecule has 0 radical (unpaired) electrons. The second-order valence-electron chi connectivity index (χ2n) is 5.45. The first-order valence-electron chi connectivity index (χ1n) is 6.66. The van der Waals surface area contributed by atoms with Gasteiger partial charge in [0.05, 0.1) is 24.7 Å². The van der Waals surface area contributed by atoms with Crippen molar-refractivity contribution in [2.45, 2.75) is 25.7 Å². The summed E-state index contributed by atoms with van der Waals surface area (Å²) >= 11 is 0. The van der Waals surface area contributed by atoms with Crippen molar-refractivity contribution in [1.29, 1.82) is 0 Å². The molecule has 1 N–H and O–H groups in total. The molecule has 0 aliphatic carbocycles. The number of hydrogen-bond acceptors (Lipinski definition) is 4. The zero-order valence-corrected chi connectivity index (χ0v) is 11.9. The van der Waals surface area contributed by atoms with Gasteiger partial charge in [-0.2, -0.15) is 0 Å². The van der Waals surface area contributed by atoms with E-state index in [-0.39, 0.29) is 12.0 Å². The number of benzene rings is 1. The van der Waals surface area contributed by atoms with E-state index in [4.69, 9.17) is 4.74 Å². The van der Waals surface area contributed by atoms with Crippen LogP contribution in [0.3, 0.4) is 0 Å². The summed E-state index contributed by atoms with van der Waals surface area (Å²) < 4.78 is 28.7. The Morgan fingerprint density at radius 2 is 2.11 bits per heavy atom. The molecule has 0 saturated carbocycles. The van der Waals surface area contributed by atoms with Crippen molar-refractivity contribution in [3.8, 4) is 0 Å². The Labute approximate surface area is 114 Å². The first-order valence-corrected chi connectivity index (χ1v) is 8.48. The van der Waals surface area contributed by atoms with Gasteiger partial charge in [-0.3, -0.25) is 0 Å². The quantitative estimate of drug-likeness (QED) is 0.910. The molecular formula is C14H19NO3S. The molecule has 5 heteroatoms. The highest BCUT2D eigenvalue weighted by atomic mass is 32.2. The van der Waals surface area contributed by atoms with Gasteiger partial charge in [0, 0.05) is 6.04 Å². The maximum Gasteiger partial charge on any atom is 0.150 e. The number of nitrogens with one attached hydrogen (secondary N) is 1. The van der Waals surface area contributed by atoms with E-state index in [1.54, 1.807) is 0 Å². The van der Waals surface area contributed by atoms with Crippen LogP contribution < -0.4 is 5.32 Å². The van der Waals surface area contributed by atoms with Gasteiger partial charge in [-0.05, 0) is 36.1 Å². The summed E-state index contributed by atoms with van der Waals surface area (Å²) in [5.74, 6) is 0.797. The van der Waals surface area contributed by atoms with Crippen LogP contribution in [0.2, 0.25) is 0 Å². The zero-order valence-electron chi connectivity index (χ0n) is 11.1. The predicted octanol–water partition coefficient (Wildman–Crippen LogP) is 1.41. The Morgan fingerprint density at radius 1 is 1.32 bits per heavy atom. The van der Waals surface area contributed by atoms with Crippen LogP contribution >= 0.6 is 0 Å². The van der Waals surface area contributed by atoms with Crippen molar-refractivity contribution in [2.75, 3.05) is 18.6 Å². The standard InChI is InChI=1S/C14H19NO3S/c1-15-14(12-4-5-19(16,17)9-12)10-2-3-11-7-18-8-13(11)6-10/h2-3,6,12,14-15H,4-5,7-9H2,1H3. The minimum absolute atomic E-state index is 0.114. The van der Waals surface area contributed by atoms with Crippen molar-refractivity contribution in [1.82, 2.24) is 5.32 Å². The van der Waals surface area contributed by atoms with Crippen LogP contribution in [0.15, 0.2) is 18.2 Å². The van der Waals surface area contributed by atoms with Crippen LogP contribution in [0.1, 0.15) is 29.2 Å². The normalized spacial score (nSPS) is 26.3. The maximum atomic E-state index is 11.6. The van der Waals surface area contributed by atoms with Gasteiger partial charge in [-0.15, -0.1) is 0 Å². The number of sulfone groups is 1. The molecule has 1 aromatic carbocycles. The monoisotopic (exact) mass is 281 g/mol.